The smallest absolute Gasteiger partial charge is 0.344 e. The molecule has 1 aliphatic heterocycles. The molecule has 0 saturated carbocycles. The fourth-order valence-electron chi connectivity index (χ4n) is 2.73. The second-order valence-electron chi connectivity index (χ2n) is 6.27. The zero-order valence-electron chi connectivity index (χ0n) is 14.7. The molecule has 8 heteroatoms. The first-order valence-corrected chi connectivity index (χ1v) is 9.00. The van der Waals surface area contributed by atoms with Crippen molar-refractivity contribution in [2.75, 3.05) is 5.75 Å². The lowest BCUT2D eigenvalue weighted by Crippen LogP contribution is -2.48. The average Bonchev–Trinajstić information content (AvgIpc) is 3.19. The molecular formula is C18H19N3O4S. The monoisotopic (exact) mass is 373 g/mol. The molecule has 1 aromatic carbocycles. The quantitative estimate of drug-likeness (QED) is 0.621. The molecule has 1 fully saturated rings. The first-order valence-electron chi connectivity index (χ1n) is 8.01. The fourth-order valence-corrected chi connectivity index (χ4v) is 3.53. The predicted molar refractivity (Wildman–Crippen MR) is 96.2 cm³/mol. The molecule has 26 heavy (non-hydrogen) atoms. The summed E-state index contributed by atoms with van der Waals surface area (Å²) in [6.45, 7) is 5.50. The van der Waals surface area contributed by atoms with Gasteiger partial charge in [-0.1, -0.05) is 17.7 Å². The lowest BCUT2D eigenvalue weighted by atomic mass is 10.00. The fraction of sp³-hybridized carbons (Fsp3) is 0.278. The molecule has 0 aliphatic carbocycles. The molecule has 136 valence electrons. The van der Waals surface area contributed by atoms with Gasteiger partial charge in [0, 0.05) is 4.90 Å². The third kappa shape index (κ3) is 3.32. The van der Waals surface area contributed by atoms with Crippen LogP contribution in [0.15, 0.2) is 45.9 Å². The van der Waals surface area contributed by atoms with Crippen molar-refractivity contribution in [3.8, 4) is 0 Å². The van der Waals surface area contributed by atoms with E-state index in [9.17, 15) is 14.4 Å². The molecule has 0 bridgehead atoms. The number of amides is 4. The summed E-state index contributed by atoms with van der Waals surface area (Å²) in [5, 5.41) is 3.25. The number of rotatable bonds is 5. The van der Waals surface area contributed by atoms with Gasteiger partial charge in [-0.25, -0.2) is 4.79 Å². The van der Waals surface area contributed by atoms with Gasteiger partial charge >= 0.3 is 6.03 Å². The van der Waals surface area contributed by atoms with E-state index in [0.29, 0.717) is 10.8 Å². The van der Waals surface area contributed by atoms with Crippen LogP contribution >= 0.6 is 11.8 Å². The molecule has 2 N–H and O–H groups in total. The number of urea groups is 1. The summed E-state index contributed by atoms with van der Waals surface area (Å²) >= 11 is 1.35. The number of thioether (sulfide) groups is 1. The van der Waals surface area contributed by atoms with E-state index in [1.807, 2.05) is 32.0 Å². The van der Waals surface area contributed by atoms with Gasteiger partial charge in [0.25, 0.3) is 5.91 Å². The van der Waals surface area contributed by atoms with Crippen molar-refractivity contribution >= 4 is 29.6 Å². The molecule has 0 unspecified atom stereocenters. The molecule has 7 nitrogen and oxygen atoms in total. The average molecular weight is 373 g/mol. The number of hydrogen-bond donors (Lipinski definition) is 2. The molecule has 2 heterocycles. The van der Waals surface area contributed by atoms with Crippen LogP contribution < -0.4 is 10.7 Å². The topological polar surface area (TPSA) is 91.7 Å². The Balaban J connectivity index is 1.64. The zero-order chi connectivity index (χ0) is 18.9. The maximum atomic E-state index is 12.6. The van der Waals surface area contributed by atoms with Gasteiger partial charge in [0.2, 0.25) is 5.91 Å². The van der Waals surface area contributed by atoms with Crippen LogP contribution in [0.5, 0.6) is 0 Å². The Labute approximate surface area is 155 Å². The Morgan fingerprint density at radius 2 is 2.08 bits per heavy atom. The summed E-state index contributed by atoms with van der Waals surface area (Å²) < 4.78 is 5.24. The zero-order valence-corrected chi connectivity index (χ0v) is 15.5. The van der Waals surface area contributed by atoms with Gasteiger partial charge in [0.1, 0.15) is 5.76 Å². The van der Waals surface area contributed by atoms with Crippen LogP contribution in [0.3, 0.4) is 0 Å². The maximum absolute atomic E-state index is 12.6. The third-order valence-corrected chi connectivity index (χ3v) is 5.31. The van der Waals surface area contributed by atoms with Gasteiger partial charge in [0.05, 0.1) is 12.0 Å². The summed E-state index contributed by atoms with van der Waals surface area (Å²) in [7, 11) is 0. The van der Waals surface area contributed by atoms with Crippen molar-refractivity contribution < 1.29 is 18.8 Å². The first-order chi connectivity index (χ1) is 12.3. The van der Waals surface area contributed by atoms with Crippen molar-refractivity contribution in [3.05, 3.63) is 53.5 Å². The van der Waals surface area contributed by atoms with Crippen LogP contribution in [-0.4, -0.2) is 28.6 Å². The molecule has 1 atom stereocenters. The van der Waals surface area contributed by atoms with Crippen molar-refractivity contribution in [1.82, 2.24) is 15.8 Å². The number of carbonyl (C=O) groups is 3. The molecule has 4 amide bonds. The highest BCUT2D eigenvalue weighted by atomic mass is 32.2. The summed E-state index contributed by atoms with van der Waals surface area (Å²) in [5.74, 6) is -0.653. The van der Waals surface area contributed by atoms with E-state index in [-0.39, 0.29) is 5.75 Å². The molecule has 1 aliphatic rings. The van der Waals surface area contributed by atoms with Crippen LogP contribution in [0.4, 0.5) is 4.79 Å². The number of hydrazine groups is 1. The number of hydrogen-bond acceptors (Lipinski definition) is 5. The normalized spacial score (nSPS) is 19.6. The van der Waals surface area contributed by atoms with Gasteiger partial charge in [-0.05, 0) is 44.5 Å². The van der Waals surface area contributed by atoms with Crippen LogP contribution in [0.1, 0.15) is 23.8 Å². The number of nitrogens with one attached hydrogen (secondary N) is 2. The van der Waals surface area contributed by atoms with E-state index in [2.05, 4.69) is 10.7 Å². The van der Waals surface area contributed by atoms with E-state index < -0.39 is 23.4 Å². The van der Waals surface area contributed by atoms with Crippen molar-refractivity contribution in [1.29, 1.82) is 0 Å². The van der Waals surface area contributed by atoms with Gasteiger partial charge in [0.15, 0.2) is 5.54 Å². The molecule has 3 rings (SSSR count). The summed E-state index contributed by atoms with van der Waals surface area (Å²) in [5.41, 5.74) is 3.25. The minimum Gasteiger partial charge on any atom is -0.466 e. The number of imide groups is 1. The standard InChI is InChI=1S/C18H19N3O4S/c1-11-6-7-13(12(2)9-11)26-10-15(22)20-21-16(23)18(3,19-17(21)24)14-5-4-8-25-14/h4-9H,10H2,1-3H3,(H,19,24)(H,20,22)/t18-/m0/s1. The van der Waals surface area contributed by atoms with Crippen LogP contribution in [0.25, 0.3) is 0 Å². The maximum Gasteiger partial charge on any atom is 0.344 e. The first kappa shape index (κ1) is 18.1. The Kier molecular flexibility index (Phi) is 4.78. The molecular weight excluding hydrogens is 354 g/mol. The minimum absolute atomic E-state index is 0.0818. The Hall–Kier alpha value is -2.74. The molecule has 2 aromatic rings. The van der Waals surface area contributed by atoms with E-state index in [1.165, 1.54) is 24.9 Å². The molecule has 1 saturated heterocycles. The highest BCUT2D eigenvalue weighted by Crippen LogP contribution is 2.28. The van der Waals surface area contributed by atoms with Gasteiger partial charge in [-0.15, -0.1) is 11.8 Å². The molecule has 0 spiro atoms. The second-order valence-corrected chi connectivity index (χ2v) is 7.28. The van der Waals surface area contributed by atoms with Crippen LogP contribution in [-0.2, 0) is 15.1 Å². The van der Waals surface area contributed by atoms with Gasteiger partial charge < -0.3 is 9.73 Å². The molecule has 1 aromatic heterocycles. The van der Waals surface area contributed by atoms with E-state index >= 15 is 0 Å². The second kappa shape index (κ2) is 6.87. The number of benzene rings is 1. The molecule has 0 radical (unpaired) electrons. The lowest BCUT2D eigenvalue weighted by Gasteiger charge is -2.19. The number of carbonyl (C=O) groups excluding carboxylic acids is 3. The van der Waals surface area contributed by atoms with Gasteiger partial charge in [-0.2, -0.15) is 5.01 Å². The van der Waals surface area contributed by atoms with Crippen LogP contribution in [0.2, 0.25) is 0 Å². The van der Waals surface area contributed by atoms with Gasteiger partial charge in [-0.3, -0.25) is 15.0 Å². The SMILES string of the molecule is Cc1ccc(SCC(=O)NN2C(=O)N[C@@](C)(c3ccco3)C2=O)c(C)c1. The number of furan rings is 1. The van der Waals surface area contributed by atoms with E-state index in [0.717, 1.165) is 16.0 Å². The van der Waals surface area contributed by atoms with Crippen LogP contribution in [0, 0.1) is 13.8 Å². The predicted octanol–water partition coefficient (Wildman–Crippen LogP) is 2.49. The third-order valence-electron chi connectivity index (χ3n) is 4.13. The van der Waals surface area contributed by atoms with Crippen molar-refractivity contribution in [3.63, 3.8) is 0 Å². The largest absolute Gasteiger partial charge is 0.466 e. The highest BCUT2D eigenvalue weighted by Gasteiger charge is 2.51. The lowest BCUT2D eigenvalue weighted by molar-refractivity contribution is -0.138. The Morgan fingerprint density at radius 3 is 2.73 bits per heavy atom. The Bertz CT molecular complexity index is 865. The summed E-state index contributed by atoms with van der Waals surface area (Å²) in [6.07, 6.45) is 1.42. The number of nitrogens with zero attached hydrogens (tertiary/aromatic N) is 1. The van der Waals surface area contributed by atoms with Crippen molar-refractivity contribution in [2.45, 2.75) is 31.2 Å². The summed E-state index contributed by atoms with van der Waals surface area (Å²) in [4.78, 5) is 37.9. The Morgan fingerprint density at radius 1 is 1.31 bits per heavy atom. The highest BCUT2D eigenvalue weighted by molar-refractivity contribution is 8.00. The summed E-state index contributed by atoms with van der Waals surface area (Å²) in [6, 6.07) is 8.48. The van der Waals surface area contributed by atoms with Crippen molar-refractivity contribution in [2.24, 2.45) is 0 Å². The van der Waals surface area contributed by atoms with E-state index in [1.54, 1.807) is 12.1 Å². The van der Waals surface area contributed by atoms with E-state index in [4.69, 9.17) is 4.42 Å². The number of aryl methyl sites for hydroxylation is 2. The minimum atomic E-state index is -1.34.